The Hall–Kier alpha value is -1.84. The van der Waals surface area contributed by atoms with E-state index in [0.717, 1.165) is 24.8 Å². The largest absolute Gasteiger partial charge is 0.425 e. The highest BCUT2D eigenvalue weighted by Crippen LogP contribution is 2.26. The van der Waals surface area contributed by atoms with Crippen LogP contribution in [-0.2, 0) is 9.59 Å². The summed E-state index contributed by atoms with van der Waals surface area (Å²) in [5.74, 6) is 0.130. The van der Waals surface area contributed by atoms with Crippen molar-refractivity contribution in [2.75, 3.05) is 6.54 Å². The Morgan fingerprint density at radius 2 is 2.17 bits per heavy atom. The van der Waals surface area contributed by atoms with Crippen molar-refractivity contribution in [3.8, 4) is 5.75 Å². The Morgan fingerprint density at radius 3 is 2.78 bits per heavy atom. The number of benzene rings is 1. The van der Waals surface area contributed by atoms with Gasteiger partial charge in [-0.2, -0.15) is 0 Å². The molecule has 0 radical (unpaired) electrons. The van der Waals surface area contributed by atoms with Crippen LogP contribution >= 0.6 is 0 Å². The molecule has 0 bridgehead atoms. The van der Waals surface area contributed by atoms with Gasteiger partial charge >= 0.3 is 5.97 Å². The molecule has 0 heterocycles. The number of esters is 1. The second kappa shape index (κ2) is 5.67. The lowest BCUT2D eigenvalue weighted by Gasteiger charge is -2.23. The third-order valence-corrected chi connectivity index (χ3v) is 3.10. The monoisotopic (exact) mass is 247 g/mol. The van der Waals surface area contributed by atoms with Gasteiger partial charge in [-0.05, 0) is 37.5 Å². The number of carbonyl (C=O) groups excluding carboxylic acids is 2. The molecule has 0 aliphatic heterocycles. The first-order valence-electron chi connectivity index (χ1n) is 6.20. The van der Waals surface area contributed by atoms with E-state index in [1.54, 1.807) is 12.1 Å². The van der Waals surface area contributed by atoms with E-state index >= 15 is 0 Å². The molecule has 0 aromatic heterocycles. The zero-order valence-electron chi connectivity index (χ0n) is 10.4. The highest BCUT2D eigenvalue weighted by molar-refractivity contribution is 5.84. The van der Waals surface area contributed by atoms with Crippen molar-refractivity contribution >= 4 is 11.9 Å². The van der Waals surface area contributed by atoms with Crippen molar-refractivity contribution in [2.24, 2.45) is 5.92 Å². The van der Waals surface area contributed by atoms with Crippen LogP contribution in [0.25, 0.3) is 0 Å². The van der Waals surface area contributed by atoms with Gasteiger partial charge in [0, 0.05) is 5.92 Å². The van der Waals surface area contributed by atoms with E-state index in [4.69, 9.17) is 4.74 Å². The highest BCUT2D eigenvalue weighted by atomic mass is 16.5. The van der Waals surface area contributed by atoms with Crippen LogP contribution in [0.4, 0.5) is 0 Å². The molecule has 1 amide bonds. The van der Waals surface area contributed by atoms with Crippen molar-refractivity contribution in [2.45, 2.75) is 26.2 Å². The van der Waals surface area contributed by atoms with Crippen LogP contribution < -0.4 is 10.1 Å². The van der Waals surface area contributed by atoms with Gasteiger partial charge in [-0.15, -0.1) is 0 Å². The van der Waals surface area contributed by atoms with Crippen LogP contribution in [0.1, 0.15) is 24.8 Å². The minimum absolute atomic E-state index is 0.0394. The van der Waals surface area contributed by atoms with Crippen molar-refractivity contribution in [3.63, 3.8) is 0 Å². The predicted molar refractivity (Wildman–Crippen MR) is 67.2 cm³/mol. The van der Waals surface area contributed by atoms with E-state index in [1.807, 2.05) is 19.1 Å². The lowest BCUT2D eigenvalue weighted by Crippen LogP contribution is -2.38. The fourth-order valence-electron chi connectivity index (χ4n) is 1.82. The average Bonchev–Trinajstić information content (AvgIpc) is 2.24. The maximum Gasteiger partial charge on any atom is 0.330 e. The summed E-state index contributed by atoms with van der Waals surface area (Å²) in [4.78, 5) is 23.0. The molecule has 1 saturated carbocycles. The second-order valence-electron chi connectivity index (χ2n) is 4.64. The second-order valence-corrected chi connectivity index (χ2v) is 4.64. The third-order valence-electron chi connectivity index (χ3n) is 3.10. The highest BCUT2D eigenvalue weighted by Gasteiger charge is 2.25. The van der Waals surface area contributed by atoms with Crippen molar-refractivity contribution in [3.05, 3.63) is 29.8 Å². The van der Waals surface area contributed by atoms with Gasteiger partial charge in [-0.25, -0.2) is 4.79 Å². The lowest BCUT2D eigenvalue weighted by molar-refractivity contribution is -0.137. The Kier molecular flexibility index (Phi) is 3.97. The normalized spacial score (nSPS) is 14.7. The summed E-state index contributed by atoms with van der Waals surface area (Å²) >= 11 is 0. The SMILES string of the molecule is Cc1cccc(OC(=O)CNC(=O)C2CCC2)c1. The molecule has 4 heteroatoms. The molecule has 2 rings (SSSR count). The third kappa shape index (κ3) is 3.32. The Bertz CT molecular complexity index is 452. The summed E-state index contributed by atoms with van der Waals surface area (Å²) < 4.78 is 5.12. The summed E-state index contributed by atoms with van der Waals surface area (Å²) in [5, 5.41) is 2.61. The van der Waals surface area contributed by atoms with Gasteiger partial charge in [0.05, 0.1) is 0 Å². The maximum absolute atomic E-state index is 11.5. The molecule has 0 atom stereocenters. The average molecular weight is 247 g/mol. The van der Waals surface area contributed by atoms with Crippen LogP contribution in [0.5, 0.6) is 5.75 Å². The number of ether oxygens (including phenoxy) is 1. The number of rotatable bonds is 4. The minimum Gasteiger partial charge on any atom is -0.425 e. The molecule has 1 aromatic rings. The molecule has 1 N–H and O–H groups in total. The molecule has 1 aliphatic carbocycles. The smallest absolute Gasteiger partial charge is 0.330 e. The molecule has 96 valence electrons. The molecule has 0 unspecified atom stereocenters. The Balaban J connectivity index is 1.76. The molecule has 1 aromatic carbocycles. The summed E-state index contributed by atoms with van der Waals surface area (Å²) in [6.07, 6.45) is 2.96. The first-order valence-corrected chi connectivity index (χ1v) is 6.20. The van der Waals surface area contributed by atoms with Crippen LogP contribution in [0.2, 0.25) is 0 Å². The standard InChI is InChI=1S/C14H17NO3/c1-10-4-2-7-12(8-10)18-13(16)9-15-14(17)11-5-3-6-11/h2,4,7-8,11H,3,5-6,9H2,1H3,(H,15,17). The number of aryl methyl sites for hydroxylation is 1. The number of hydrogen-bond acceptors (Lipinski definition) is 3. The number of hydrogen-bond donors (Lipinski definition) is 1. The summed E-state index contributed by atoms with van der Waals surface area (Å²) in [6.45, 7) is 1.86. The van der Waals surface area contributed by atoms with Crippen LogP contribution in [0.3, 0.4) is 0 Å². The summed E-state index contributed by atoms with van der Waals surface area (Å²) in [5.41, 5.74) is 1.03. The zero-order chi connectivity index (χ0) is 13.0. The van der Waals surface area contributed by atoms with Crippen molar-refractivity contribution in [1.29, 1.82) is 0 Å². The van der Waals surface area contributed by atoms with E-state index < -0.39 is 5.97 Å². The maximum atomic E-state index is 11.5. The Morgan fingerprint density at radius 1 is 1.39 bits per heavy atom. The first-order chi connectivity index (χ1) is 8.65. The molecule has 0 spiro atoms. The van der Waals surface area contributed by atoms with Crippen LogP contribution in [0.15, 0.2) is 24.3 Å². The molecule has 1 aliphatic rings. The summed E-state index contributed by atoms with van der Waals surface area (Å²) in [7, 11) is 0. The van der Waals surface area contributed by atoms with E-state index in [9.17, 15) is 9.59 Å². The number of amides is 1. The van der Waals surface area contributed by atoms with E-state index in [1.165, 1.54) is 0 Å². The van der Waals surface area contributed by atoms with Crippen LogP contribution in [0, 0.1) is 12.8 Å². The molecule has 0 saturated heterocycles. The molecular weight excluding hydrogens is 230 g/mol. The van der Waals surface area contributed by atoms with Gasteiger partial charge in [-0.1, -0.05) is 18.6 Å². The van der Waals surface area contributed by atoms with Crippen molar-refractivity contribution < 1.29 is 14.3 Å². The lowest BCUT2D eigenvalue weighted by atomic mass is 9.85. The van der Waals surface area contributed by atoms with Gasteiger partial charge in [0.25, 0.3) is 0 Å². The van der Waals surface area contributed by atoms with E-state index in [2.05, 4.69) is 5.32 Å². The molecule has 4 nitrogen and oxygen atoms in total. The van der Waals surface area contributed by atoms with Gasteiger partial charge in [0.15, 0.2) is 0 Å². The van der Waals surface area contributed by atoms with Gasteiger partial charge in [0.2, 0.25) is 5.91 Å². The number of carbonyl (C=O) groups is 2. The quantitative estimate of drug-likeness (QED) is 0.652. The van der Waals surface area contributed by atoms with Crippen LogP contribution in [-0.4, -0.2) is 18.4 Å². The first kappa shape index (κ1) is 12.6. The van der Waals surface area contributed by atoms with Crippen molar-refractivity contribution in [1.82, 2.24) is 5.32 Å². The van der Waals surface area contributed by atoms with E-state index in [0.29, 0.717) is 5.75 Å². The van der Waals surface area contributed by atoms with Gasteiger partial charge < -0.3 is 10.1 Å². The molecule has 1 fully saturated rings. The minimum atomic E-state index is -0.437. The topological polar surface area (TPSA) is 55.4 Å². The fraction of sp³-hybridized carbons (Fsp3) is 0.429. The predicted octanol–water partition coefficient (Wildman–Crippen LogP) is 1.82. The number of nitrogens with one attached hydrogen (secondary N) is 1. The molecule has 18 heavy (non-hydrogen) atoms. The zero-order valence-corrected chi connectivity index (χ0v) is 10.4. The van der Waals surface area contributed by atoms with Gasteiger partial charge in [-0.3, -0.25) is 4.79 Å². The molecular formula is C14H17NO3. The summed E-state index contributed by atoms with van der Waals surface area (Å²) in [6, 6.07) is 7.25. The van der Waals surface area contributed by atoms with Gasteiger partial charge in [0.1, 0.15) is 12.3 Å². The van der Waals surface area contributed by atoms with E-state index in [-0.39, 0.29) is 18.4 Å². The Labute approximate surface area is 106 Å². The fourth-order valence-corrected chi connectivity index (χ4v) is 1.82.